The van der Waals surface area contributed by atoms with Gasteiger partial charge in [-0.1, -0.05) is 156 Å². The number of rotatable bonds is 35. The largest absolute Gasteiger partial charge is 0.464 e. The lowest BCUT2D eigenvalue weighted by Gasteiger charge is -2.50. The predicted octanol–water partition coefficient (Wildman–Crippen LogP) is 11.0. The van der Waals surface area contributed by atoms with E-state index in [1.807, 2.05) is 0 Å². The molecule has 1 spiro atoms. The Hall–Kier alpha value is -1.10. The van der Waals surface area contributed by atoms with Crippen molar-refractivity contribution in [3.63, 3.8) is 0 Å². The quantitative estimate of drug-likeness (QED) is 0.0248. The molecule has 0 aromatic rings. The third kappa shape index (κ3) is 25.0. The molecule has 2 aliphatic rings. The highest BCUT2D eigenvalue weighted by Gasteiger charge is 2.43. The molecule has 58 heavy (non-hydrogen) atoms. The van der Waals surface area contributed by atoms with Gasteiger partial charge < -0.3 is 29.6 Å². The van der Waals surface area contributed by atoms with Crippen molar-refractivity contribution in [1.29, 1.82) is 0 Å². The number of carbonyl (C=O) groups is 2. The fourth-order valence-electron chi connectivity index (χ4n) is 9.09. The minimum atomic E-state index is -1.83. The zero-order valence-corrected chi connectivity index (χ0v) is 38.8. The number of unbranched alkanes of at least 4 members (excludes halogenated alkanes) is 16. The number of hydrogen-bond donors (Lipinski definition) is 3. The Morgan fingerprint density at radius 3 is 1.52 bits per heavy atom. The van der Waals surface area contributed by atoms with Crippen LogP contribution >= 0.6 is 0 Å². The number of hydrogen-bond acceptors (Lipinski definition) is 9. The Labute approximate surface area is 358 Å². The number of esters is 1. The van der Waals surface area contributed by atoms with Crippen LogP contribution in [0.2, 0.25) is 0 Å². The fourth-order valence-corrected chi connectivity index (χ4v) is 9.09. The molecule has 2 rings (SSSR count). The number of carbonyl (C=O) groups excluding carboxylic acids is 2. The van der Waals surface area contributed by atoms with Gasteiger partial charge in [-0.15, -0.1) is 0 Å². The van der Waals surface area contributed by atoms with Gasteiger partial charge in [-0.25, -0.2) is 0 Å². The Kier molecular flexibility index (Phi) is 33.6. The molecule has 9 nitrogen and oxygen atoms in total. The van der Waals surface area contributed by atoms with Gasteiger partial charge in [-0.2, -0.15) is 0 Å². The first-order valence-corrected chi connectivity index (χ1v) is 24.8. The van der Waals surface area contributed by atoms with E-state index in [0.717, 1.165) is 77.3 Å². The molecule has 0 aromatic carbocycles. The molecule has 3 unspecified atom stereocenters. The van der Waals surface area contributed by atoms with Gasteiger partial charge in [0.25, 0.3) is 0 Å². The van der Waals surface area contributed by atoms with Gasteiger partial charge in [0.2, 0.25) is 5.91 Å². The Balaban J connectivity index is 0.000000830. The van der Waals surface area contributed by atoms with E-state index in [2.05, 4.69) is 32.6 Å². The molecule has 0 saturated carbocycles. The number of ether oxygens (including phenoxy) is 2. The number of aliphatic hydroxyl groups is 3. The lowest BCUT2D eigenvalue weighted by Crippen LogP contribution is -2.56. The van der Waals surface area contributed by atoms with Crippen LogP contribution in [0.3, 0.4) is 0 Å². The number of likely N-dealkylation sites (tertiary alicyclic amines) is 2. The van der Waals surface area contributed by atoms with Gasteiger partial charge in [-0.05, 0) is 76.3 Å². The van der Waals surface area contributed by atoms with E-state index in [1.165, 1.54) is 122 Å². The highest BCUT2D eigenvalue weighted by Crippen LogP contribution is 2.43. The molecule has 0 bridgehead atoms. The van der Waals surface area contributed by atoms with E-state index in [9.17, 15) is 19.8 Å². The summed E-state index contributed by atoms with van der Waals surface area (Å²) in [4.78, 5) is 28.4. The maximum absolute atomic E-state index is 13.2. The summed E-state index contributed by atoms with van der Waals surface area (Å²) in [5, 5.41) is 30.0. The number of methoxy groups -OCH3 is 1. The summed E-state index contributed by atoms with van der Waals surface area (Å²) in [5.41, 5.74) is 0.231. The van der Waals surface area contributed by atoms with Crippen LogP contribution in [0.25, 0.3) is 0 Å². The summed E-state index contributed by atoms with van der Waals surface area (Å²) in [7, 11) is 1.72. The summed E-state index contributed by atoms with van der Waals surface area (Å²) in [5.74, 6) is -1.49. The number of aliphatic hydroxyl groups excluding tert-OH is 1. The van der Waals surface area contributed by atoms with Crippen molar-refractivity contribution in [3.8, 4) is 0 Å². The van der Waals surface area contributed by atoms with Crippen LogP contribution in [0, 0.1) is 17.3 Å². The van der Waals surface area contributed by atoms with Crippen molar-refractivity contribution in [2.75, 3.05) is 53.1 Å². The average Bonchev–Trinajstić information content (AvgIpc) is 3.23. The van der Waals surface area contributed by atoms with Crippen molar-refractivity contribution in [2.45, 2.75) is 232 Å². The smallest absolute Gasteiger partial charge is 0.308 e. The Bertz CT molecular complexity index is 947. The molecular formula is C49H96N2O7. The second kappa shape index (κ2) is 35.5. The summed E-state index contributed by atoms with van der Waals surface area (Å²) in [6.07, 6.45) is 35.2. The van der Waals surface area contributed by atoms with Crippen LogP contribution < -0.4 is 0 Å². The van der Waals surface area contributed by atoms with Crippen LogP contribution in [0.4, 0.5) is 0 Å². The molecule has 0 aliphatic carbocycles. The van der Waals surface area contributed by atoms with Crippen LogP contribution in [-0.4, -0.2) is 102 Å². The lowest BCUT2D eigenvalue weighted by atomic mass is 9.71. The molecule has 2 saturated heterocycles. The van der Waals surface area contributed by atoms with Crippen LogP contribution in [0.1, 0.15) is 220 Å². The summed E-state index contributed by atoms with van der Waals surface area (Å²) in [6, 6.07) is 0.0668. The third-order valence-corrected chi connectivity index (χ3v) is 13.3. The summed E-state index contributed by atoms with van der Waals surface area (Å²) in [6.45, 7) is 13.1. The summed E-state index contributed by atoms with van der Waals surface area (Å²) < 4.78 is 11.6. The van der Waals surface area contributed by atoms with E-state index in [1.54, 1.807) is 12.0 Å². The first-order valence-electron chi connectivity index (χ1n) is 24.8. The molecule has 3 atom stereocenters. The lowest BCUT2D eigenvalue weighted by molar-refractivity contribution is -0.277. The minimum Gasteiger partial charge on any atom is -0.464 e. The van der Waals surface area contributed by atoms with Crippen molar-refractivity contribution in [2.24, 2.45) is 17.3 Å². The van der Waals surface area contributed by atoms with Gasteiger partial charge in [0.1, 0.15) is 12.9 Å². The second-order valence-electron chi connectivity index (χ2n) is 18.3. The molecule has 3 N–H and O–H groups in total. The predicted molar refractivity (Wildman–Crippen MR) is 241 cm³/mol. The Morgan fingerprint density at radius 1 is 0.638 bits per heavy atom. The molecule has 0 aromatic heterocycles. The van der Waals surface area contributed by atoms with Gasteiger partial charge in [0.05, 0.1) is 18.6 Å². The highest BCUT2D eigenvalue weighted by atomic mass is 16.5. The third-order valence-electron chi connectivity index (χ3n) is 13.3. The van der Waals surface area contributed by atoms with E-state index < -0.39 is 5.91 Å². The van der Waals surface area contributed by atoms with E-state index in [4.69, 9.17) is 14.6 Å². The second-order valence-corrected chi connectivity index (χ2v) is 18.3. The monoisotopic (exact) mass is 825 g/mol. The molecule has 2 aliphatic heterocycles. The maximum atomic E-state index is 13.2. The maximum Gasteiger partial charge on any atom is 0.308 e. The van der Waals surface area contributed by atoms with Gasteiger partial charge in [0.15, 0.2) is 0 Å². The van der Waals surface area contributed by atoms with Crippen molar-refractivity contribution in [3.05, 3.63) is 0 Å². The van der Waals surface area contributed by atoms with Crippen LogP contribution in [0.5, 0.6) is 0 Å². The summed E-state index contributed by atoms with van der Waals surface area (Å²) >= 11 is 0. The average molecular weight is 825 g/mol. The molecule has 0 amide bonds. The molecule has 2 heterocycles. The first-order chi connectivity index (χ1) is 28.1. The minimum absolute atomic E-state index is 0.0126. The van der Waals surface area contributed by atoms with Crippen LogP contribution in [-0.2, 0) is 19.1 Å². The zero-order valence-electron chi connectivity index (χ0n) is 38.8. The number of piperidine rings is 2. The SMILES string of the molecule is CCCCCCCCC(C=O)CCCCCC.CCCCCCCCC(CCCCCC)C(=O)OCC(COC)N1CCC2(CC1)CCN(C(O)(O)CCCO)CC2. The molecule has 9 heteroatoms. The molecule has 2 fully saturated rings. The fraction of sp³-hybridized carbons (Fsp3) is 0.959. The van der Waals surface area contributed by atoms with Gasteiger partial charge in [-0.3, -0.25) is 14.6 Å². The highest BCUT2D eigenvalue weighted by molar-refractivity contribution is 5.72. The molecule has 344 valence electrons. The normalized spacial score (nSPS) is 17.7. The van der Waals surface area contributed by atoms with Crippen molar-refractivity contribution < 1.29 is 34.4 Å². The Morgan fingerprint density at radius 2 is 1.07 bits per heavy atom. The zero-order chi connectivity index (χ0) is 42.7. The molecule has 0 radical (unpaired) electrons. The molecular weight excluding hydrogens is 729 g/mol. The number of nitrogens with zero attached hydrogens (tertiary/aromatic N) is 2. The first kappa shape index (κ1) is 54.9. The van der Waals surface area contributed by atoms with E-state index >= 15 is 0 Å². The van der Waals surface area contributed by atoms with Crippen molar-refractivity contribution in [1.82, 2.24) is 9.80 Å². The number of aldehydes is 1. The van der Waals surface area contributed by atoms with Gasteiger partial charge in [0, 0.05) is 39.1 Å². The van der Waals surface area contributed by atoms with Crippen molar-refractivity contribution >= 4 is 12.3 Å². The van der Waals surface area contributed by atoms with Gasteiger partial charge >= 0.3 is 5.97 Å². The van der Waals surface area contributed by atoms with Crippen LogP contribution in [0.15, 0.2) is 0 Å². The van der Waals surface area contributed by atoms with E-state index in [0.29, 0.717) is 38.6 Å². The topological polar surface area (TPSA) is 120 Å². The van der Waals surface area contributed by atoms with E-state index in [-0.39, 0.29) is 36.4 Å². The standard InChI is InChI=1S/C33H64N2O6.C16H32O/c1-4-6-8-10-11-13-16-29(15-12-9-7-5-2)31(37)41-28-30(27-40-3)34-22-18-32(19-23-34)20-24-35(25-21-32)33(38,39)17-14-26-36;1-3-5-7-9-10-12-14-16(15-17)13-11-8-6-4-2/h29-30,36,38-39H,4-28H2,1-3H3;15-16H,3-14H2,1-2H3.